The van der Waals surface area contributed by atoms with Crippen LogP contribution in [0.25, 0.3) is 0 Å². The molecule has 0 spiro atoms. The van der Waals surface area contributed by atoms with Crippen LogP contribution >= 0.6 is 0 Å². The third-order valence-corrected chi connectivity index (χ3v) is 5.03. The molecule has 1 saturated carbocycles. The number of ether oxygens (including phenoxy) is 2. The molecule has 1 N–H and O–H groups in total. The van der Waals surface area contributed by atoms with Gasteiger partial charge in [0.25, 0.3) is 5.91 Å². The summed E-state index contributed by atoms with van der Waals surface area (Å²) >= 11 is 0. The second-order valence-corrected chi connectivity index (χ2v) is 6.94. The normalized spacial score (nSPS) is 22.2. The first-order valence-corrected chi connectivity index (χ1v) is 9.36. The predicted octanol–water partition coefficient (Wildman–Crippen LogP) is 0.534. The van der Waals surface area contributed by atoms with E-state index in [1.807, 2.05) is 29.2 Å². The van der Waals surface area contributed by atoms with Gasteiger partial charge in [-0.25, -0.2) is 0 Å². The lowest BCUT2D eigenvalue weighted by atomic mass is 9.96. The lowest BCUT2D eigenvalue weighted by Gasteiger charge is -2.40. The fourth-order valence-corrected chi connectivity index (χ4v) is 3.51. The van der Waals surface area contributed by atoms with Gasteiger partial charge in [0.1, 0.15) is 12.4 Å². The van der Waals surface area contributed by atoms with Crippen LogP contribution in [0.15, 0.2) is 36.7 Å². The van der Waals surface area contributed by atoms with E-state index in [1.165, 1.54) is 0 Å². The van der Waals surface area contributed by atoms with Gasteiger partial charge in [-0.2, -0.15) is 0 Å². The number of hydrogen-bond donors (Lipinski definition) is 1. The van der Waals surface area contributed by atoms with Gasteiger partial charge in [0.05, 0.1) is 25.9 Å². The molecular weight excluding hydrogens is 362 g/mol. The van der Waals surface area contributed by atoms with Crippen LogP contribution < -0.4 is 10.1 Å². The van der Waals surface area contributed by atoms with E-state index in [2.05, 4.69) is 15.6 Å². The molecule has 2 unspecified atom stereocenters. The molecule has 2 aromatic rings. The molecule has 1 aliphatic carbocycles. The molecule has 9 heteroatoms. The second kappa shape index (κ2) is 7.97. The monoisotopic (exact) mass is 385 g/mol. The number of hydrogen-bond acceptors (Lipinski definition) is 6. The number of amides is 2. The highest BCUT2D eigenvalue weighted by Gasteiger charge is 2.47. The molecule has 9 nitrogen and oxygen atoms in total. The highest BCUT2D eigenvalue weighted by Crippen LogP contribution is 2.39. The fraction of sp³-hybridized carbons (Fsp3) is 0.474. The highest BCUT2D eigenvalue weighted by molar-refractivity contribution is 5.86. The van der Waals surface area contributed by atoms with Crippen LogP contribution in [-0.2, 0) is 20.9 Å². The Kier molecular flexibility index (Phi) is 5.25. The summed E-state index contributed by atoms with van der Waals surface area (Å²) in [6.45, 7) is 0.829. The highest BCUT2D eigenvalue weighted by atomic mass is 16.5. The minimum Gasteiger partial charge on any atom is -0.497 e. The van der Waals surface area contributed by atoms with E-state index < -0.39 is 12.1 Å². The van der Waals surface area contributed by atoms with E-state index in [4.69, 9.17) is 9.47 Å². The first-order chi connectivity index (χ1) is 13.7. The van der Waals surface area contributed by atoms with Crippen LogP contribution in [-0.4, -0.2) is 64.1 Å². The Morgan fingerprint density at radius 2 is 2.11 bits per heavy atom. The number of morpholine rings is 1. The van der Waals surface area contributed by atoms with Crippen LogP contribution in [0.4, 0.5) is 0 Å². The number of rotatable bonds is 7. The number of nitrogens with zero attached hydrogens (tertiary/aromatic N) is 4. The SMILES string of the molecule is COc1ccc(C2C(C(=O)NCCn3ccnn3)OCC(=O)N2C2CC2)cc1. The Bertz CT molecular complexity index is 819. The Labute approximate surface area is 162 Å². The van der Waals surface area contributed by atoms with Crippen molar-refractivity contribution in [3.8, 4) is 5.75 Å². The zero-order valence-electron chi connectivity index (χ0n) is 15.7. The smallest absolute Gasteiger partial charge is 0.251 e. The molecule has 2 fully saturated rings. The van der Waals surface area contributed by atoms with Gasteiger partial charge >= 0.3 is 0 Å². The lowest BCUT2D eigenvalue weighted by molar-refractivity contribution is -0.165. The van der Waals surface area contributed by atoms with Crippen molar-refractivity contribution in [3.05, 3.63) is 42.2 Å². The molecule has 1 aliphatic heterocycles. The van der Waals surface area contributed by atoms with Gasteiger partial charge in [-0.1, -0.05) is 17.3 Å². The summed E-state index contributed by atoms with van der Waals surface area (Å²) in [7, 11) is 1.60. The van der Waals surface area contributed by atoms with Crippen molar-refractivity contribution in [3.63, 3.8) is 0 Å². The minimum atomic E-state index is -0.762. The summed E-state index contributed by atoms with van der Waals surface area (Å²) in [5.41, 5.74) is 0.858. The lowest BCUT2D eigenvalue weighted by Crippen LogP contribution is -2.55. The molecule has 1 saturated heterocycles. The molecule has 2 heterocycles. The summed E-state index contributed by atoms with van der Waals surface area (Å²) in [5, 5.41) is 10.5. The fourth-order valence-electron chi connectivity index (χ4n) is 3.51. The van der Waals surface area contributed by atoms with Crippen molar-refractivity contribution in [1.82, 2.24) is 25.2 Å². The topological polar surface area (TPSA) is 98.6 Å². The van der Waals surface area contributed by atoms with Gasteiger partial charge in [-0.15, -0.1) is 5.10 Å². The third kappa shape index (κ3) is 3.84. The molecular formula is C19H23N5O4. The average molecular weight is 385 g/mol. The summed E-state index contributed by atoms with van der Waals surface area (Å²) in [5.74, 6) is 0.410. The van der Waals surface area contributed by atoms with E-state index in [9.17, 15) is 9.59 Å². The Morgan fingerprint density at radius 3 is 2.75 bits per heavy atom. The quantitative estimate of drug-likeness (QED) is 0.747. The van der Waals surface area contributed by atoms with Crippen LogP contribution in [0.2, 0.25) is 0 Å². The number of benzene rings is 1. The molecule has 2 atom stereocenters. The summed E-state index contributed by atoms with van der Waals surface area (Å²) < 4.78 is 12.6. The van der Waals surface area contributed by atoms with Gasteiger partial charge in [0, 0.05) is 18.8 Å². The van der Waals surface area contributed by atoms with E-state index in [-0.39, 0.29) is 24.5 Å². The van der Waals surface area contributed by atoms with Crippen molar-refractivity contribution >= 4 is 11.8 Å². The molecule has 0 radical (unpaired) electrons. The van der Waals surface area contributed by atoms with Crippen molar-refractivity contribution in [2.75, 3.05) is 20.3 Å². The average Bonchev–Trinajstić information content (AvgIpc) is 3.42. The van der Waals surface area contributed by atoms with Crippen LogP contribution in [0.3, 0.4) is 0 Å². The molecule has 2 amide bonds. The molecule has 2 aliphatic rings. The van der Waals surface area contributed by atoms with Crippen molar-refractivity contribution in [2.45, 2.75) is 37.6 Å². The predicted molar refractivity (Wildman–Crippen MR) is 98.4 cm³/mol. The van der Waals surface area contributed by atoms with Crippen LogP contribution in [0.1, 0.15) is 24.4 Å². The maximum Gasteiger partial charge on any atom is 0.251 e. The zero-order chi connectivity index (χ0) is 19.5. The Hall–Kier alpha value is -2.94. The van der Waals surface area contributed by atoms with Gasteiger partial charge in [0.2, 0.25) is 5.91 Å². The Morgan fingerprint density at radius 1 is 1.32 bits per heavy atom. The van der Waals surface area contributed by atoms with E-state index in [0.29, 0.717) is 13.1 Å². The number of aromatic nitrogens is 3. The van der Waals surface area contributed by atoms with E-state index >= 15 is 0 Å². The summed E-state index contributed by atoms with van der Waals surface area (Å²) in [6.07, 6.45) is 4.47. The first kappa shape index (κ1) is 18.4. The summed E-state index contributed by atoms with van der Waals surface area (Å²) in [6, 6.07) is 7.16. The third-order valence-electron chi connectivity index (χ3n) is 5.03. The first-order valence-electron chi connectivity index (χ1n) is 9.36. The number of carbonyl (C=O) groups is 2. The molecule has 0 bridgehead atoms. The van der Waals surface area contributed by atoms with Crippen LogP contribution in [0.5, 0.6) is 5.75 Å². The van der Waals surface area contributed by atoms with Gasteiger partial charge in [-0.3, -0.25) is 14.3 Å². The molecule has 4 rings (SSSR count). The van der Waals surface area contributed by atoms with Gasteiger partial charge < -0.3 is 19.7 Å². The second-order valence-electron chi connectivity index (χ2n) is 6.94. The minimum absolute atomic E-state index is 0.0741. The van der Waals surface area contributed by atoms with Crippen LogP contribution in [0, 0.1) is 0 Å². The van der Waals surface area contributed by atoms with Crippen molar-refractivity contribution < 1.29 is 19.1 Å². The largest absolute Gasteiger partial charge is 0.497 e. The molecule has 1 aromatic heterocycles. The van der Waals surface area contributed by atoms with Gasteiger partial charge in [0.15, 0.2) is 6.10 Å². The van der Waals surface area contributed by atoms with E-state index in [1.54, 1.807) is 24.2 Å². The summed E-state index contributed by atoms with van der Waals surface area (Å²) in [4.78, 5) is 27.3. The number of methoxy groups -OCH3 is 1. The standard InChI is InChI=1S/C19H23N5O4/c1-27-15-6-2-13(3-7-15)17-18(28-12-16(25)24(17)14-4-5-14)19(26)20-8-10-23-11-9-21-22-23/h2-3,6-7,9,11,14,17-18H,4-5,8,10,12H2,1H3,(H,20,26). The number of nitrogens with one attached hydrogen (secondary N) is 1. The number of carbonyl (C=O) groups excluding carboxylic acids is 2. The maximum absolute atomic E-state index is 12.9. The van der Waals surface area contributed by atoms with Crippen molar-refractivity contribution in [2.24, 2.45) is 0 Å². The zero-order valence-corrected chi connectivity index (χ0v) is 15.7. The van der Waals surface area contributed by atoms with E-state index in [0.717, 1.165) is 24.2 Å². The molecule has 148 valence electrons. The molecule has 1 aromatic carbocycles. The van der Waals surface area contributed by atoms with Gasteiger partial charge in [-0.05, 0) is 30.5 Å². The molecule has 28 heavy (non-hydrogen) atoms. The Balaban J connectivity index is 1.52. The van der Waals surface area contributed by atoms with Crippen molar-refractivity contribution in [1.29, 1.82) is 0 Å². The maximum atomic E-state index is 12.9.